The van der Waals surface area contributed by atoms with Gasteiger partial charge in [-0.15, -0.1) is 0 Å². The first-order valence-corrected chi connectivity index (χ1v) is 8.71. The summed E-state index contributed by atoms with van der Waals surface area (Å²) in [6.07, 6.45) is 6.69. The predicted octanol–water partition coefficient (Wildman–Crippen LogP) is 5.47. The SMILES string of the molecule is CCCNC(CC(C)CCC)c1ncc(Br)cc1Br. The van der Waals surface area contributed by atoms with Crippen LogP contribution in [0.3, 0.4) is 0 Å². The van der Waals surface area contributed by atoms with Crippen molar-refractivity contribution in [3.8, 4) is 0 Å². The normalized spacial score (nSPS) is 14.4. The van der Waals surface area contributed by atoms with Crippen LogP contribution in [0, 0.1) is 5.92 Å². The van der Waals surface area contributed by atoms with Crippen molar-refractivity contribution in [1.82, 2.24) is 10.3 Å². The minimum atomic E-state index is 0.337. The minimum Gasteiger partial charge on any atom is -0.309 e. The maximum atomic E-state index is 4.59. The maximum absolute atomic E-state index is 4.59. The molecular formula is C15H24Br2N2. The summed E-state index contributed by atoms with van der Waals surface area (Å²) in [4.78, 5) is 4.59. The molecule has 19 heavy (non-hydrogen) atoms. The lowest BCUT2D eigenvalue weighted by Crippen LogP contribution is -2.25. The molecule has 0 amide bonds. The highest BCUT2D eigenvalue weighted by molar-refractivity contribution is 9.11. The van der Waals surface area contributed by atoms with Crippen LogP contribution in [0.1, 0.15) is 58.2 Å². The Kier molecular flexibility index (Phi) is 8.19. The summed E-state index contributed by atoms with van der Waals surface area (Å²) in [5, 5.41) is 3.63. The quantitative estimate of drug-likeness (QED) is 0.635. The molecule has 4 heteroatoms. The largest absolute Gasteiger partial charge is 0.309 e. The topological polar surface area (TPSA) is 24.9 Å². The number of hydrogen-bond donors (Lipinski definition) is 1. The third-order valence-electron chi connectivity index (χ3n) is 3.23. The van der Waals surface area contributed by atoms with Gasteiger partial charge < -0.3 is 5.32 Å². The van der Waals surface area contributed by atoms with Crippen LogP contribution in [0.2, 0.25) is 0 Å². The zero-order chi connectivity index (χ0) is 14.3. The van der Waals surface area contributed by atoms with Gasteiger partial charge in [-0.25, -0.2) is 0 Å². The van der Waals surface area contributed by atoms with Crippen LogP contribution >= 0.6 is 31.9 Å². The highest BCUT2D eigenvalue weighted by Crippen LogP contribution is 2.29. The molecule has 0 spiro atoms. The molecule has 0 aliphatic rings. The number of nitrogens with one attached hydrogen (secondary N) is 1. The number of halogens is 2. The zero-order valence-electron chi connectivity index (χ0n) is 12.0. The molecule has 1 rings (SSSR count). The summed E-state index contributed by atoms with van der Waals surface area (Å²) < 4.78 is 2.10. The van der Waals surface area contributed by atoms with E-state index in [9.17, 15) is 0 Å². The Morgan fingerprint density at radius 3 is 2.58 bits per heavy atom. The van der Waals surface area contributed by atoms with Crippen LogP contribution in [0.5, 0.6) is 0 Å². The third kappa shape index (κ3) is 5.92. The van der Waals surface area contributed by atoms with Gasteiger partial charge in [-0.05, 0) is 63.2 Å². The minimum absolute atomic E-state index is 0.337. The highest BCUT2D eigenvalue weighted by Gasteiger charge is 2.18. The van der Waals surface area contributed by atoms with E-state index >= 15 is 0 Å². The van der Waals surface area contributed by atoms with E-state index in [1.54, 1.807) is 0 Å². The Morgan fingerprint density at radius 1 is 1.26 bits per heavy atom. The van der Waals surface area contributed by atoms with Crippen molar-refractivity contribution in [1.29, 1.82) is 0 Å². The summed E-state index contributed by atoms with van der Waals surface area (Å²) in [6.45, 7) is 7.81. The fourth-order valence-corrected chi connectivity index (χ4v) is 3.57. The molecule has 108 valence electrons. The molecular weight excluding hydrogens is 368 g/mol. The first-order chi connectivity index (χ1) is 9.08. The van der Waals surface area contributed by atoms with E-state index in [0.29, 0.717) is 6.04 Å². The first kappa shape index (κ1) is 17.1. The second-order valence-corrected chi connectivity index (χ2v) is 6.93. The lowest BCUT2D eigenvalue weighted by atomic mass is 9.95. The van der Waals surface area contributed by atoms with Crippen molar-refractivity contribution in [2.24, 2.45) is 5.92 Å². The monoisotopic (exact) mass is 390 g/mol. The predicted molar refractivity (Wildman–Crippen MR) is 89.4 cm³/mol. The zero-order valence-corrected chi connectivity index (χ0v) is 15.2. The molecule has 1 heterocycles. The molecule has 0 saturated heterocycles. The molecule has 0 aliphatic carbocycles. The summed E-state index contributed by atoms with van der Waals surface area (Å²) in [5.74, 6) is 0.719. The van der Waals surface area contributed by atoms with Crippen LogP contribution in [0.4, 0.5) is 0 Å². The highest BCUT2D eigenvalue weighted by atomic mass is 79.9. The summed E-state index contributed by atoms with van der Waals surface area (Å²) in [7, 11) is 0. The van der Waals surface area contributed by atoms with E-state index < -0.39 is 0 Å². The van der Waals surface area contributed by atoms with Crippen LogP contribution in [-0.2, 0) is 0 Å². The molecule has 0 radical (unpaired) electrons. The van der Waals surface area contributed by atoms with Gasteiger partial charge in [0, 0.05) is 15.1 Å². The maximum Gasteiger partial charge on any atom is 0.0715 e. The second kappa shape index (κ2) is 9.09. The van der Waals surface area contributed by atoms with Gasteiger partial charge in [0.25, 0.3) is 0 Å². The summed E-state index contributed by atoms with van der Waals surface area (Å²) >= 11 is 7.10. The standard InChI is InChI=1S/C15H24Br2N2/c1-4-6-11(3)8-14(18-7-5-2)15-13(17)9-12(16)10-19-15/h9-11,14,18H,4-8H2,1-3H3. The number of aromatic nitrogens is 1. The molecule has 0 aliphatic heterocycles. The van der Waals surface area contributed by atoms with E-state index in [4.69, 9.17) is 0 Å². The van der Waals surface area contributed by atoms with E-state index in [1.807, 2.05) is 6.20 Å². The molecule has 0 fully saturated rings. The average molecular weight is 392 g/mol. The molecule has 0 bridgehead atoms. The lowest BCUT2D eigenvalue weighted by molar-refractivity contribution is 0.384. The average Bonchev–Trinajstić information content (AvgIpc) is 2.35. The molecule has 2 nitrogen and oxygen atoms in total. The molecule has 2 atom stereocenters. The number of rotatable bonds is 8. The smallest absolute Gasteiger partial charge is 0.0715 e. The van der Waals surface area contributed by atoms with E-state index in [2.05, 4.69) is 69.0 Å². The van der Waals surface area contributed by atoms with E-state index in [1.165, 1.54) is 12.8 Å². The van der Waals surface area contributed by atoms with E-state index in [0.717, 1.165) is 39.9 Å². The number of pyridine rings is 1. The molecule has 2 unspecified atom stereocenters. The van der Waals surface area contributed by atoms with Crippen molar-refractivity contribution in [2.45, 2.75) is 52.5 Å². The first-order valence-electron chi connectivity index (χ1n) is 7.12. The van der Waals surface area contributed by atoms with Gasteiger partial charge in [-0.1, -0.05) is 33.6 Å². The summed E-state index contributed by atoms with van der Waals surface area (Å²) in [5.41, 5.74) is 1.12. The summed E-state index contributed by atoms with van der Waals surface area (Å²) in [6, 6.07) is 2.41. The lowest BCUT2D eigenvalue weighted by Gasteiger charge is -2.22. The molecule has 1 aromatic heterocycles. The molecule has 0 saturated carbocycles. The van der Waals surface area contributed by atoms with Crippen LogP contribution in [-0.4, -0.2) is 11.5 Å². The Morgan fingerprint density at radius 2 is 2.00 bits per heavy atom. The van der Waals surface area contributed by atoms with Crippen LogP contribution in [0.25, 0.3) is 0 Å². The molecule has 1 N–H and O–H groups in total. The Balaban J connectivity index is 2.82. The van der Waals surface area contributed by atoms with Crippen LogP contribution < -0.4 is 5.32 Å². The fourth-order valence-electron chi connectivity index (χ4n) is 2.30. The van der Waals surface area contributed by atoms with Gasteiger partial charge >= 0.3 is 0 Å². The second-order valence-electron chi connectivity index (χ2n) is 5.16. The molecule has 1 aromatic rings. The van der Waals surface area contributed by atoms with Gasteiger partial charge in [0.1, 0.15) is 0 Å². The van der Waals surface area contributed by atoms with Gasteiger partial charge in [0.2, 0.25) is 0 Å². The van der Waals surface area contributed by atoms with Gasteiger partial charge in [0.15, 0.2) is 0 Å². The molecule has 0 aromatic carbocycles. The van der Waals surface area contributed by atoms with Crippen LogP contribution in [0.15, 0.2) is 21.2 Å². The Hall–Kier alpha value is 0.0700. The van der Waals surface area contributed by atoms with E-state index in [-0.39, 0.29) is 0 Å². The van der Waals surface area contributed by atoms with Gasteiger partial charge in [-0.2, -0.15) is 0 Å². The Labute approximate surface area is 134 Å². The van der Waals surface area contributed by atoms with Crippen molar-refractivity contribution in [3.05, 3.63) is 26.9 Å². The number of hydrogen-bond acceptors (Lipinski definition) is 2. The fraction of sp³-hybridized carbons (Fsp3) is 0.667. The third-order valence-corrected chi connectivity index (χ3v) is 4.30. The van der Waals surface area contributed by atoms with Crippen molar-refractivity contribution >= 4 is 31.9 Å². The number of nitrogens with zero attached hydrogens (tertiary/aromatic N) is 1. The Bertz CT molecular complexity index is 382. The van der Waals surface area contributed by atoms with Crippen molar-refractivity contribution < 1.29 is 0 Å². The van der Waals surface area contributed by atoms with Crippen molar-refractivity contribution in [3.63, 3.8) is 0 Å². The van der Waals surface area contributed by atoms with Gasteiger partial charge in [-0.3, -0.25) is 4.98 Å². The van der Waals surface area contributed by atoms with Crippen molar-refractivity contribution in [2.75, 3.05) is 6.54 Å². The van der Waals surface area contributed by atoms with Gasteiger partial charge in [0.05, 0.1) is 11.7 Å².